The molecule has 0 fully saturated rings. The molecule has 0 aliphatic rings. The second kappa shape index (κ2) is 10.5. The zero-order valence-electron chi connectivity index (χ0n) is 16.0. The minimum Gasteiger partial charge on any atom is -0.444 e. The summed E-state index contributed by atoms with van der Waals surface area (Å²) in [5.74, 6) is -0.392. The number of rotatable bonds is 8. The van der Waals surface area contributed by atoms with Gasteiger partial charge in [0.25, 0.3) is 5.91 Å². The predicted molar refractivity (Wildman–Crippen MR) is 102 cm³/mol. The first-order valence-corrected chi connectivity index (χ1v) is 8.82. The first-order valence-electron chi connectivity index (χ1n) is 8.82. The zero-order valence-corrected chi connectivity index (χ0v) is 16.0. The van der Waals surface area contributed by atoms with Crippen LogP contribution in [-0.2, 0) is 4.74 Å². The van der Waals surface area contributed by atoms with Crippen molar-refractivity contribution in [2.45, 2.75) is 59.0 Å². The lowest BCUT2D eigenvalue weighted by atomic mass is 10.1. The fourth-order valence-corrected chi connectivity index (χ4v) is 2.27. The van der Waals surface area contributed by atoms with Crippen LogP contribution in [0.15, 0.2) is 29.3 Å². The van der Waals surface area contributed by atoms with Crippen LogP contribution in [0.4, 0.5) is 4.79 Å². The molecule has 1 rings (SSSR count). The van der Waals surface area contributed by atoms with Gasteiger partial charge in [0.15, 0.2) is 6.29 Å². The highest BCUT2D eigenvalue weighted by Crippen LogP contribution is 2.10. The highest BCUT2D eigenvalue weighted by atomic mass is 16.6. The monoisotopic (exact) mass is 360 g/mol. The van der Waals surface area contributed by atoms with Crippen molar-refractivity contribution in [2.24, 2.45) is 4.99 Å². The van der Waals surface area contributed by atoms with Gasteiger partial charge in [-0.2, -0.15) is 0 Å². The largest absolute Gasteiger partial charge is 0.444 e. The summed E-state index contributed by atoms with van der Waals surface area (Å²) in [6.07, 6.45) is 3.55. The zero-order chi connectivity index (χ0) is 19.6. The Morgan fingerprint density at radius 3 is 2.50 bits per heavy atom. The molecule has 26 heavy (non-hydrogen) atoms. The number of carbonyl (C=O) groups excluding carboxylic acids is 3. The van der Waals surface area contributed by atoms with Crippen LogP contribution >= 0.6 is 0 Å². The average molecular weight is 360 g/mol. The summed E-state index contributed by atoms with van der Waals surface area (Å²) >= 11 is 0. The Morgan fingerprint density at radius 2 is 1.85 bits per heavy atom. The van der Waals surface area contributed by atoms with Crippen molar-refractivity contribution in [2.75, 3.05) is 6.54 Å². The molecule has 0 bridgehead atoms. The summed E-state index contributed by atoms with van der Waals surface area (Å²) in [4.78, 5) is 38.7. The normalized spacial score (nSPS) is 11.8. The Hall–Kier alpha value is -2.50. The fourth-order valence-electron chi connectivity index (χ4n) is 2.27. The first-order chi connectivity index (χ1) is 12.2. The van der Waals surface area contributed by atoms with Gasteiger partial charge in [-0.1, -0.05) is 24.6 Å². The van der Waals surface area contributed by atoms with E-state index < -0.39 is 17.6 Å². The Bertz CT molecular complexity index is 660. The molecule has 0 saturated carbocycles. The van der Waals surface area contributed by atoms with Crippen molar-refractivity contribution in [1.82, 2.24) is 5.32 Å². The quantitative estimate of drug-likeness (QED) is 0.428. The molecule has 0 unspecified atom stereocenters. The van der Waals surface area contributed by atoms with Crippen molar-refractivity contribution >= 4 is 24.0 Å². The molecule has 6 nitrogen and oxygen atoms in total. The highest BCUT2D eigenvalue weighted by molar-refractivity contribution is 6.07. The smallest absolute Gasteiger partial charge is 0.407 e. The van der Waals surface area contributed by atoms with Gasteiger partial charge < -0.3 is 10.1 Å². The summed E-state index contributed by atoms with van der Waals surface area (Å²) in [5, 5.41) is 2.72. The van der Waals surface area contributed by atoms with E-state index in [0.717, 1.165) is 25.0 Å². The molecule has 0 aliphatic heterocycles. The first kappa shape index (κ1) is 21.5. The summed E-state index contributed by atoms with van der Waals surface area (Å²) < 4.78 is 5.16. The molecule has 1 N–H and O–H groups in total. The molecule has 0 heterocycles. The standard InChI is InChI=1S/C20H28N2O4/c1-15(22-18(24)17-12-8-7-11-16(17)14-23)10-6-5-9-13-21-19(25)26-20(2,3)4/h7-8,11-12,14H,5-6,9-10,13H2,1-4H3,(H,21,25). The van der Waals surface area contributed by atoms with E-state index in [1.165, 1.54) is 0 Å². The SMILES string of the molecule is CC(CCCCCNC(=O)OC(C)(C)C)=NC(=O)c1ccccc1C=O. The van der Waals surface area contributed by atoms with Crippen molar-refractivity contribution < 1.29 is 19.1 Å². The molecule has 1 aromatic rings. The lowest BCUT2D eigenvalue weighted by molar-refractivity contribution is 0.0526. The minimum atomic E-state index is -0.493. The second-order valence-corrected chi connectivity index (χ2v) is 7.10. The number of benzene rings is 1. The maximum Gasteiger partial charge on any atom is 0.407 e. The third-order valence-corrected chi connectivity index (χ3v) is 3.49. The van der Waals surface area contributed by atoms with Gasteiger partial charge in [0, 0.05) is 17.8 Å². The molecule has 0 aromatic heterocycles. The van der Waals surface area contributed by atoms with E-state index in [1.54, 1.807) is 31.2 Å². The number of carbonyl (C=O) groups is 3. The molecule has 142 valence electrons. The van der Waals surface area contributed by atoms with Gasteiger partial charge in [0.1, 0.15) is 5.60 Å². The Morgan fingerprint density at radius 1 is 1.15 bits per heavy atom. The number of unbranched alkanes of at least 4 members (excludes halogenated alkanes) is 2. The van der Waals surface area contributed by atoms with E-state index in [1.807, 2.05) is 20.8 Å². The molecular formula is C20H28N2O4. The van der Waals surface area contributed by atoms with E-state index in [0.29, 0.717) is 30.4 Å². The molecule has 6 heteroatoms. The van der Waals surface area contributed by atoms with Crippen molar-refractivity contribution in [3.63, 3.8) is 0 Å². The second-order valence-electron chi connectivity index (χ2n) is 7.10. The van der Waals surface area contributed by atoms with E-state index in [2.05, 4.69) is 10.3 Å². The van der Waals surface area contributed by atoms with E-state index >= 15 is 0 Å². The van der Waals surface area contributed by atoms with Crippen LogP contribution in [-0.4, -0.2) is 36.1 Å². The number of ether oxygens (including phenoxy) is 1. The summed E-state index contributed by atoms with van der Waals surface area (Å²) in [7, 11) is 0. The average Bonchev–Trinajstić information content (AvgIpc) is 2.56. The summed E-state index contributed by atoms with van der Waals surface area (Å²) in [6, 6.07) is 6.62. The van der Waals surface area contributed by atoms with Gasteiger partial charge in [-0.3, -0.25) is 9.59 Å². The van der Waals surface area contributed by atoms with Crippen molar-refractivity contribution in [3.05, 3.63) is 35.4 Å². The number of aliphatic imine (C=N–C) groups is 1. The number of nitrogens with zero attached hydrogens (tertiary/aromatic N) is 1. The van der Waals surface area contributed by atoms with Crippen LogP contribution in [0.2, 0.25) is 0 Å². The Labute approximate surface area is 155 Å². The van der Waals surface area contributed by atoms with Gasteiger partial charge >= 0.3 is 6.09 Å². The third kappa shape index (κ3) is 8.55. The molecule has 2 amide bonds. The number of aldehydes is 1. The predicted octanol–water partition coefficient (Wildman–Crippen LogP) is 4.19. The lowest BCUT2D eigenvalue weighted by Gasteiger charge is -2.19. The fraction of sp³-hybridized carbons (Fsp3) is 0.500. The minimum absolute atomic E-state index is 0.323. The summed E-state index contributed by atoms with van der Waals surface area (Å²) in [6.45, 7) is 7.83. The number of hydrogen-bond acceptors (Lipinski definition) is 4. The van der Waals surface area contributed by atoms with Gasteiger partial charge in [0.2, 0.25) is 0 Å². The van der Waals surface area contributed by atoms with E-state index in [4.69, 9.17) is 4.74 Å². The highest BCUT2D eigenvalue weighted by Gasteiger charge is 2.15. The maximum absolute atomic E-state index is 12.2. The number of amides is 2. The van der Waals surface area contributed by atoms with Crippen molar-refractivity contribution in [3.8, 4) is 0 Å². The van der Waals surface area contributed by atoms with Gasteiger partial charge in [-0.15, -0.1) is 0 Å². The topological polar surface area (TPSA) is 84.8 Å². The number of hydrogen-bond donors (Lipinski definition) is 1. The molecule has 0 spiro atoms. The van der Waals surface area contributed by atoms with Crippen LogP contribution < -0.4 is 5.32 Å². The lowest BCUT2D eigenvalue weighted by Crippen LogP contribution is -2.32. The van der Waals surface area contributed by atoms with Crippen LogP contribution in [0.1, 0.15) is 74.1 Å². The third-order valence-electron chi connectivity index (χ3n) is 3.49. The Kier molecular flexibility index (Phi) is 8.68. The molecule has 0 radical (unpaired) electrons. The van der Waals surface area contributed by atoms with Crippen LogP contribution in [0.3, 0.4) is 0 Å². The summed E-state index contributed by atoms with van der Waals surface area (Å²) in [5.41, 5.74) is 0.911. The maximum atomic E-state index is 12.2. The van der Waals surface area contributed by atoms with Crippen LogP contribution in [0.5, 0.6) is 0 Å². The van der Waals surface area contributed by atoms with Crippen molar-refractivity contribution in [1.29, 1.82) is 0 Å². The van der Waals surface area contributed by atoms with E-state index in [9.17, 15) is 14.4 Å². The molecule has 1 aromatic carbocycles. The Balaban J connectivity index is 2.30. The van der Waals surface area contributed by atoms with Gasteiger partial charge in [-0.05, 0) is 53.0 Å². The molecule has 0 aliphatic carbocycles. The molecule has 0 atom stereocenters. The number of alkyl carbamates (subject to hydrolysis) is 1. The molecular weight excluding hydrogens is 332 g/mol. The number of nitrogens with one attached hydrogen (secondary N) is 1. The van der Waals surface area contributed by atoms with Crippen LogP contribution in [0.25, 0.3) is 0 Å². The molecule has 0 saturated heterocycles. The van der Waals surface area contributed by atoms with Crippen LogP contribution in [0, 0.1) is 0 Å². The van der Waals surface area contributed by atoms with Gasteiger partial charge in [-0.25, -0.2) is 9.79 Å². The van der Waals surface area contributed by atoms with Gasteiger partial charge in [0.05, 0.1) is 5.56 Å². The van der Waals surface area contributed by atoms with E-state index in [-0.39, 0.29) is 0 Å².